The van der Waals surface area contributed by atoms with Gasteiger partial charge in [0.05, 0.1) is 17.1 Å². The van der Waals surface area contributed by atoms with Crippen LogP contribution in [0.1, 0.15) is 11.1 Å². The fourth-order valence-corrected chi connectivity index (χ4v) is 3.51. The first-order chi connectivity index (χ1) is 10.5. The van der Waals surface area contributed by atoms with Gasteiger partial charge in [0.1, 0.15) is 0 Å². The van der Waals surface area contributed by atoms with Crippen LogP contribution in [0.25, 0.3) is 10.9 Å². The van der Waals surface area contributed by atoms with Gasteiger partial charge >= 0.3 is 0 Å². The second-order valence-corrected chi connectivity index (χ2v) is 6.49. The molecule has 5 heteroatoms. The van der Waals surface area contributed by atoms with Gasteiger partial charge in [0.15, 0.2) is 0 Å². The van der Waals surface area contributed by atoms with Gasteiger partial charge in [-0.25, -0.2) is 0 Å². The molecule has 0 aliphatic carbocycles. The summed E-state index contributed by atoms with van der Waals surface area (Å²) in [5, 5.41) is 4.50. The molecular formula is C17H14BrClN2O. The molecule has 0 spiro atoms. The molecule has 0 atom stereocenters. The zero-order chi connectivity index (χ0) is 15.7. The van der Waals surface area contributed by atoms with Gasteiger partial charge < -0.3 is 10.3 Å². The van der Waals surface area contributed by atoms with E-state index in [0.717, 1.165) is 26.5 Å². The van der Waals surface area contributed by atoms with Gasteiger partial charge in [0, 0.05) is 21.6 Å². The normalized spacial score (nSPS) is 10.9. The van der Waals surface area contributed by atoms with Crippen molar-refractivity contribution in [3.63, 3.8) is 0 Å². The third kappa shape index (κ3) is 3.03. The highest BCUT2D eigenvalue weighted by Gasteiger charge is 2.12. The molecule has 3 rings (SSSR count). The van der Waals surface area contributed by atoms with Crippen LogP contribution in [0.5, 0.6) is 0 Å². The molecule has 2 aromatic carbocycles. The van der Waals surface area contributed by atoms with E-state index in [1.807, 2.05) is 43.5 Å². The number of amides is 1. The quantitative estimate of drug-likeness (QED) is 0.657. The number of hydrogen-bond donors (Lipinski definition) is 2. The van der Waals surface area contributed by atoms with Crippen molar-refractivity contribution in [2.75, 3.05) is 5.32 Å². The van der Waals surface area contributed by atoms with Crippen molar-refractivity contribution in [1.82, 2.24) is 4.98 Å². The van der Waals surface area contributed by atoms with E-state index in [-0.39, 0.29) is 5.91 Å². The summed E-state index contributed by atoms with van der Waals surface area (Å²) in [6, 6.07) is 11.6. The molecule has 3 nitrogen and oxygen atoms in total. The number of aryl methyl sites for hydroxylation is 1. The zero-order valence-electron chi connectivity index (χ0n) is 11.9. The van der Waals surface area contributed by atoms with Crippen LogP contribution in [0.2, 0.25) is 5.02 Å². The van der Waals surface area contributed by atoms with E-state index in [9.17, 15) is 4.79 Å². The number of carbonyl (C=O) groups excluding carboxylic acids is 1. The predicted molar refractivity (Wildman–Crippen MR) is 94.5 cm³/mol. The van der Waals surface area contributed by atoms with Gasteiger partial charge in [-0.05, 0) is 36.2 Å². The fraction of sp³-hybridized carbons (Fsp3) is 0.118. The molecule has 0 bridgehead atoms. The molecule has 0 aliphatic rings. The molecular weight excluding hydrogens is 364 g/mol. The number of nitrogens with one attached hydrogen (secondary N) is 2. The number of benzene rings is 2. The summed E-state index contributed by atoms with van der Waals surface area (Å²) in [5.41, 5.74) is 3.59. The number of fused-ring (bicyclic) bond motifs is 1. The Morgan fingerprint density at radius 1 is 1.32 bits per heavy atom. The summed E-state index contributed by atoms with van der Waals surface area (Å²) in [6.45, 7) is 1.91. The lowest BCUT2D eigenvalue weighted by molar-refractivity contribution is -0.115. The Morgan fingerprint density at radius 2 is 2.09 bits per heavy atom. The minimum atomic E-state index is -0.0860. The van der Waals surface area contributed by atoms with Crippen molar-refractivity contribution >= 4 is 50.0 Å². The van der Waals surface area contributed by atoms with E-state index in [0.29, 0.717) is 17.1 Å². The van der Waals surface area contributed by atoms with Crippen molar-refractivity contribution in [3.05, 3.63) is 63.2 Å². The number of anilines is 1. The van der Waals surface area contributed by atoms with Gasteiger partial charge in [0.2, 0.25) is 5.91 Å². The molecule has 0 unspecified atom stereocenters. The van der Waals surface area contributed by atoms with Crippen molar-refractivity contribution in [3.8, 4) is 0 Å². The molecule has 1 heterocycles. The lowest BCUT2D eigenvalue weighted by Crippen LogP contribution is -2.15. The summed E-state index contributed by atoms with van der Waals surface area (Å²) >= 11 is 9.59. The SMILES string of the molecule is Cc1cc(Br)cc(Cl)c1NC(=O)Cc1c[nH]c2ccccc12. The van der Waals surface area contributed by atoms with E-state index in [1.54, 1.807) is 6.07 Å². The molecule has 2 N–H and O–H groups in total. The smallest absolute Gasteiger partial charge is 0.228 e. The van der Waals surface area contributed by atoms with E-state index >= 15 is 0 Å². The topological polar surface area (TPSA) is 44.9 Å². The lowest BCUT2D eigenvalue weighted by Gasteiger charge is -2.11. The first-order valence-corrected chi connectivity index (χ1v) is 8.02. The van der Waals surface area contributed by atoms with Crippen LogP contribution < -0.4 is 5.32 Å². The van der Waals surface area contributed by atoms with Crippen LogP contribution in [-0.4, -0.2) is 10.9 Å². The Kier molecular flexibility index (Phi) is 4.23. The number of rotatable bonds is 3. The maximum atomic E-state index is 12.3. The Labute approximate surface area is 141 Å². The van der Waals surface area contributed by atoms with Crippen LogP contribution in [0.15, 0.2) is 47.1 Å². The van der Waals surface area contributed by atoms with Crippen LogP contribution >= 0.6 is 27.5 Å². The summed E-state index contributed by atoms with van der Waals surface area (Å²) in [7, 11) is 0. The molecule has 0 fully saturated rings. The Bertz CT molecular complexity index is 834. The third-order valence-corrected chi connectivity index (χ3v) is 4.30. The van der Waals surface area contributed by atoms with Crippen LogP contribution in [0.4, 0.5) is 5.69 Å². The number of aromatic nitrogens is 1. The van der Waals surface area contributed by atoms with Gasteiger partial charge in [0.25, 0.3) is 0 Å². The summed E-state index contributed by atoms with van der Waals surface area (Å²) in [4.78, 5) is 15.5. The molecule has 112 valence electrons. The second kappa shape index (κ2) is 6.15. The first kappa shape index (κ1) is 15.1. The predicted octanol–water partition coefficient (Wildman–Crippen LogP) is 5.07. The van der Waals surface area contributed by atoms with Crippen molar-refractivity contribution in [2.45, 2.75) is 13.3 Å². The van der Waals surface area contributed by atoms with Crippen molar-refractivity contribution in [1.29, 1.82) is 0 Å². The Morgan fingerprint density at radius 3 is 2.86 bits per heavy atom. The molecule has 0 saturated heterocycles. The minimum absolute atomic E-state index is 0.0860. The highest BCUT2D eigenvalue weighted by atomic mass is 79.9. The van der Waals surface area contributed by atoms with Gasteiger partial charge in [-0.15, -0.1) is 0 Å². The average Bonchev–Trinajstić information content (AvgIpc) is 2.86. The Balaban J connectivity index is 1.81. The zero-order valence-corrected chi connectivity index (χ0v) is 14.3. The largest absolute Gasteiger partial charge is 0.361 e. The fourth-order valence-electron chi connectivity index (χ4n) is 2.50. The highest BCUT2D eigenvalue weighted by molar-refractivity contribution is 9.10. The maximum Gasteiger partial charge on any atom is 0.228 e. The van der Waals surface area contributed by atoms with Gasteiger partial charge in [-0.3, -0.25) is 4.79 Å². The van der Waals surface area contributed by atoms with E-state index in [2.05, 4.69) is 26.2 Å². The molecule has 3 aromatic rings. The van der Waals surface area contributed by atoms with Crippen LogP contribution in [0, 0.1) is 6.92 Å². The van der Waals surface area contributed by atoms with Crippen molar-refractivity contribution in [2.24, 2.45) is 0 Å². The van der Waals surface area contributed by atoms with Crippen LogP contribution in [0.3, 0.4) is 0 Å². The van der Waals surface area contributed by atoms with E-state index in [1.165, 1.54) is 0 Å². The van der Waals surface area contributed by atoms with E-state index in [4.69, 9.17) is 11.6 Å². The average molecular weight is 378 g/mol. The number of carbonyl (C=O) groups is 1. The first-order valence-electron chi connectivity index (χ1n) is 6.85. The molecule has 22 heavy (non-hydrogen) atoms. The lowest BCUT2D eigenvalue weighted by atomic mass is 10.1. The number of halogens is 2. The van der Waals surface area contributed by atoms with Crippen molar-refractivity contribution < 1.29 is 4.79 Å². The monoisotopic (exact) mass is 376 g/mol. The molecule has 1 aromatic heterocycles. The summed E-state index contributed by atoms with van der Waals surface area (Å²) in [6.07, 6.45) is 2.18. The number of aromatic amines is 1. The molecule has 0 radical (unpaired) electrons. The minimum Gasteiger partial charge on any atom is -0.361 e. The van der Waals surface area contributed by atoms with Crippen LogP contribution in [-0.2, 0) is 11.2 Å². The summed E-state index contributed by atoms with van der Waals surface area (Å²) in [5.74, 6) is -0.0860. The third-order valence-electron chi connectivity index (χ3n) is 3.54. The standard InChI is InChI=1S/C17H14BrClN2O/c1-10-6-12(18)8-14(19)17(10)21-16(22)7-11-9-20-15-5-3-2-4-13(11)15/h2-6,8-9,20H,7H2,1H3,(H,21,22). The number of para-hydroxylation sites is 1. The van der Waals surface area contributed by atoms with Gasteiger partial charge in [-0.2, -0.15) is 0 Å². The maximum absolute atomic E-state index is 12.3. The highest BCUT2D eigenvalue weighted by Crippen LogP contribution is 2.30. The Hall–Kier alpha value is -1.78. The molecule has 0 aliphatic heterocycles. The molecule has 1 amide bonds. The van der Waals surface area contributed by atoms with Gasteiger partial charge in [-0.1, -0.05) is 45.7 Å². The second-order valence-electron chi connectivity index (χ2n) is 5.16. The molecule has 0 saturated carbocycles. The number of H-pyrrole nitrogens is 1. The van der Waals surface area contributed by atoms with E-state index < -0.39 is 0 Å². The number of hydrogen-bond acceptors (Lipinski definition) is 1. The summed E-state index contributed by atoms with van der Waals surface area (Å²) < 4.78 is 0.893.